The van der Waals surface area contributed by atoms with Crippen LogP contribution in [0.4, 0.5) is 0 Å². The van der Waals surface area contributed by atoms with E-state index in [2.05, 4.69) is 27.8 Å². The molecule has 0 amide bonds. The fourth-order valence-corrected chi connectivity index (χ4v) is 2.72. The molecule has 1 aliphatic rings. The predicted molar refractivity (Wildman–Crippen MR) is 86.7 cm³/mol. The Hall–Kier alpha value is -1.49. The molecule has 4 nitrogen and oxygen atoms in total. The first kappa shape index (κ1) is 14.9. The van der Waals surface area contributed by atoms with Crippen LogP contribution in [0.25, 0.3) is 0 Å². The molecule has 20 heavy (non-hydrogen) atoms. The smallest absolute Gasteiger partial charge is 0.187 e. The van der Waals surface area contributed by atoms with Crippen LogP contribution in [0, 0.1) is 5.92 Å². The molecule has 2 rings (SSSR count). The van der Waals surface area contributed by atoms with Gasteiger partial charge in [0.2, 0.25) is 0 Å². The zero-order chi connectivity index (χ0) is 14.4. The van der Waals surface area contributed by atoms with Gasteiger partial charge in [0.05, 0.1) is 5.71 Å². The lowest BCUT2D eigenvalue weighted by Gasteiger charge is -2.30. The minimum Gasteiger partial charge on any atom is -0.358 e. The Bertz CT molecular complexity index is 472. The monoisotopic (exact) mass is 290 g/mol. The Morgan fingerprint density at radius 2 is 2.00 bits per heavy atom. The molecule has 2 N–H and O–H groups in total. The van der Waals surface area contributed by atoms with Crippen molar-refractivity contribution < 1.29 is 0 Å². The van der Waals surface area contributed by atoms with Crippen LogP contribution in [0.2, 0.25) is 0 Å². The molecule has 0 spiro atoms. The van der Waals surface area contributed by atoms with Crippen LogP contribution in [-0.2, 0) is 0 Å². The van der Waals surface area contributed by atoms with Crippen LogP contribution in [0.5, 0.6) is 0 Å². The standard InChI is InChI=1S/C15H22N4S/c1-11-5-3-4-6-14(11)17-15(20)19-18-12(2)13-7-9-16-10-8-13/h7-11,14H,3-6H2,1-2H3,(H2,17,19,20)/b18-12-/t11-,14+/m1/s1. The fourth-order valence-electron chi connectivity index (χ4n) is 2.52. The summed E-state index contributed by atoms with van der Waals surface area (Å²) in [5.41, 5.74) is 4.88. The van der Waals surface area contributed by atoms with E-state index in [0.29, 0.717) is 17.1 Å². The molecule has 2 atom stereocenters. The highest BCUT2D eigenvalue weighted by Gasteiger charge is 2.21. The zero-order valence-corrected chi connectivity index (χ0v) is 12.9. The lowest BCUT2D eigenvalue weighted by molar-refractivity contribution is 0.308. The van der Waals surface area contributed by atoms with E-state index in [0.717, 1.165) is 11.3 Å². The maximum absolute atomic E-state index is 5.31. The molecule has 1 aliphatic carbocycles. The molecule has 0 aliphatic heterocycles. The van der Waals surface area contributed by atoms with Gasteiger partial charge in [-0.2, -0.15) is 5.10 Å². The van der Waals surface area contributed by atoms with Gasteiger partial charge in [-0.15, -0.1) is 0 Å². The van der Waals surface area contributed by atoms with Gasteiger partial charge in [0.15, 0.2) is 5.11 Å². The van der Waals surface area contributed by atoms with Gasteiger partial charge in [0.1, 0.15) is 0 Å². The number of thiocarbonyl (C=S) groups is 1. The first-order valence-electron chi connectivity index (χ1n) is 7.18. The Morgan fingerprint density at radius 1 is 1.30 bits per heavy atom. The molecule has 0 aromatic carbocycles. The summed E-state index contributed by atoms with van der Waals surface area (Å²) in [6.07, 6.45) is 8.60. The Labute approximate surface area is 126 Å². The third kappa shape index (κ3) is 4.27. The van der Waals surface area contributed by atoms with Crippen molar-refractivity contribution in [1.29, 1.82) is 0 Å². The lowest BCUT2D eigenvalue weighted by Crippen LogP contribution is -2.44. The van der Waals surface area contributed by atoms with Crippen LogP contribution < -0.4 is 10.7 Å². The molecule has 0 unspecified atom stereocenters. The van der Waals surface area contributed by atoms with Gasteiger partial charge < -0.3 is 5.32 Å². The number of hydrogen-bond donors (Lipinski definition) is 2. The van der Waals surface area contributed by atoms with E-state index in [1.807, 2.05) is 19.1 Å². The van der Waals surface area contributed by atoms with E-state index in [1.165, 1.54) is 25.7 Å². The van der Waals surface area contributed by atoms with E-state index in [4.69, 9.17) is 12.2 Å². The van der Waals surface area contributed by atoms with Crippen LogP contribution in [0.1, 0.15) is 45.1 Å². The van der Waals surface area contributed by atoms with Crippen molar-refractivity contribution in [3.05, 3.63) is 30.1 Å². The van der Waals surface area contributed by atoms with Crippen molar-refractivity contribution in [2.24, 2.45) is 11.0 Å². The molecule has 108 valence electrons. The van der Waals surface area contributed by atoms with E-state index < -0.39 is 0 Å². The lowest BCUT2D eigenvalue weighted by atomic mass is 9.86. The number of hydrazone groups is 1. The number of nitrogens with one attached hydrogen (secondary N) is 2. The van der Waals surface area contributed by atoms with Crippen molar-refractivity contribution in [1.82, 2.24) is 15.7 Å². The van der Waals surface area contributed by atoms with Crippen LogP contribution >= 0.6 is 12.2 Å². The Kier molecular flexibility index (Phi) is 5.47. The minimum absolute atomic E-state index is 0.472. The van der Waals surface area contributed by atoms with Crippen molar-refractivity contribution in [2.75, 3.05) is 0 Å². The van der Waals surface area contributed by atoms with Gasteiger partial charge in [0, 0.05) is 24.0 Å². The molecule has 1 aromatic rings. The van der Waals surface area contributed by atoms with Gasteiger partial charge >= 0.3 is 0 Å². The van der Waals surface area contributed by atoms with E-state index in [1.54, 1.807) is 12.4 Å². The molecule has 1 aromatic heterocycles. The zero-order valence-electron chi connectivity index (χ0n) is 12.1. The Balaban J connectivity index is 1.85. The van der Waals surface area contributed by atoms with Crippen LogP contribution in [-0.4, -0.2) is 21.8 Å². The minimum atomic E-state index is 0.472. The Morgan fingerprint density at radius 3 is 2.70 bits per heavy atom. The molecule has 1 saturated carbocycles. The quantitative estimate of drug-likeness (QED) is 0.510. The van der Waals surface area contributed by atoms with Gasteiger partial charge in [0.25, 0.3) is 0 Å². The van der Waals surface area contributed by atoms with Crippen LogP contribution in [0.3, 0.4) is 0 Å². The highest BCUT2D eigenvalue weighted by atomic mass is 32.1. The summed E-state index contributed by atoms with van der Waals surface area (Å²) in [6.45, 7) is 4.24. The molecular weight excluding hydrogens is 268 g/mol. The van der Waals surface area contributed by atoms with Gasteiger partial charge in [-0.25, -0.2) is 0 Å². The molecule has 0 bridgehead atoms. The second-order valence-electron chi connectivity index (χ2n) is 5.39. The van der Waals surface area contributed by atoms with E-state index >= 15 is 0 Å². The topological polar surface area (TPSA) is 49.3 Å². The van der Waals surface area contributed by atoms with Crippen molar-refractivity contribution in [3.63, 3.8) is 0 Å². The van der Waals surface area contributed by atoms with E-state index in [-0.39, 0.29) is 0 Å². The summed E-state index contributed by atoms with van der Waals surface area (Å²) in [7, 11) is 0. The molecule has 1 fully saturated rings. The summed E-state index contributed by atoms with van der Waals surface area (Å²) in [4.78, 5) is 4.00. The molecular formula is C15H22N4S. The first-order chi connectivity index (χ1) is 9.66. The van der Waals surface area contributed by atoms with Gasteiger partial charge in [-0.05, 0) is 50.0 Å². The van der Waals surface area contributed by atoms with Crippen LogP contribution in [0.15, 0.2) is 29.6 Å². The second kappa shape index (κ2) is 7.33. The summed E-state index contributed by atoms with van der Waals surface area (Å²) in [6, 6.07) is 4.33. The van der Waals surface area contributed by atoms with Crippen molar-refractivity contribution in [2.45, 2.75) is 45.6 Å². The number of nitrogens with zero attached hydrogens (tertiary/aromatic N) is 2. The SMILES string of the molecule is C/C(=N/NC(=S)N[C@H]1CCCC[C@H]1C)c1ccncc1. The normalized spacial score (nSPS) is 23.2. The van der Waals surface area contributed by atoms with Crippen molar-refractivity contribution in [3.8, 4) is 0 Å². The fraction of sp³-hybridized carbons (Fsp3) is 0.533. The highest BCUT2D eigenvalue weighted by molar-refractivity contribution is 7.80. The largest absolute Gasteiger partial charge is 0.358 e. The number of rotatable bonds is 3. The summed E-state index contributed by atoms with van der Waals surface area (Å²) >= 11 is 5.31. The van der Waals surface area contributed by atoms with Crippen molar-refractivity contribution >= 4 is 23.0 Å². The second-order valence-corrected chi connectivity index (χ2v) is 5.79. The third-order valence-electron chi connectivity index (χ3n) is 3.85. The van der Waals surface area contributed by atoms with Gasteiger partial charge in [-0.3, -0.25) is 10.4 Å². The molecule has 5 heteroatoms. The average molecular weight is 290 g/mol. The van der Waals surface area contributed by atoms with Gasteiger partial charge in [-0.1, -0.05) is 19.8 Å². The maximum atomic E-state index is 5.31. The highest BCUT2D eigenvalue weighted by Crippen LogP contribution is 2.23. The summed E-state index contributed by atoms with van der Waals surface area (Å²) in [5, 5.41) is 8.30. The number of hydrogen-bond acceptors (Lipinski definition) is 3. The molecule has 0 saturated heterocycles. The third-order valence-corrected chi connectivity index (χ3v) is 4.06. The summed E-state index contributed by atoms with van der Waals surface area (Å²) < 4.78 is 0. The summed E-state index contributed by atoms with van der Waals surface area (Å²) in [5.74, 6) is 0.675. The maximum Gasteiger partial charge on any atom is 0.187 e. The number of pyridine rings is 1. The first-order valence-corrected chi connectivity index (χ1v) is 7.59. The van der Waals surface area contributed by atoms with E-state index in [9.17, 15) is 0 Å². The molecule has 0 radical (unpaired) electrons. The molecule has 1 heterocycles. The average Bonchev–Trinajstić information content (AvgIpc) is 2.48. The predicted octanol–water partition coefficient (Wildman–Crippen LogP) is 2.85. The number of aromatic nitrogens is 1.